The Morgan fingerprint density at radius 3 is 2.26 bits per heavy atom. The summed E-state index contributed by atoms with van der Waals surface area (Å²) in [6.07, 6.45) is -3.28. The molecule has 2 atom stereocenters. The molecule has 0 aliphatic carbocycles. The summed E-state index contributed by atoms with van der Waals surface area (Å²) < 4.78 is 4.79. The fourth-order valence-corrected chi connectivity index (χ4v) is 1.53. The molecule has 6 heteroatoms. The SMILES string of the molecule is CCOC(=O)Cc1ccc(C(O)C(O)C(=O)O)cc1. The zero-order valence-corrected chi connectivity index (χ0v) is 10.4. The van der Waals surface area contributed by atoms with E-state index in [0.29, 0.717) is 12.2 Å². The number of carboxylic acids is 1. The number of aliphatic carboxylic acids is 1. The minimum Gasteiger partial charge on any atom is -0.479 e. The molecule has 1 rings (SSSR count). The first-order valence-corrected chi connectivity index (χ1v) is 5.79. The molecule has 0 radical (unpaired) electrons. The summed E-state index contributed by atoms with van der Waals surface area (Å²) >= 11 is 0. The average molecular weight is 268 g/mol. The van der Waals surface area contributed by atoms with E-state index in [4.69, 9.17) is 9.84 Å². The van der Waals surface area contributed by atoms with Crippen molar-refractivity contribution >= 4 is 11.9 Å². The van der Waals surface area contributed by atoms with Gasteiger partial charge in [-0.2, -0.15) is 0 Å². The Kier molecular flexibility index (Phi) is 5.47. The van der Waals surface area contributed by atoms with Crippen molar-refractivity contribution < 1.29 is 29.6 Å². The molecule has 0 saturated carbocycles. The highest BCUT2D eigenvalue weighted by Crippen LogP contribution is 2.18. The summed E-state index contributed by atoms with van der Waals surface area (Å²) in [5, 5.41) is 27.4. The second-order valence-electron chi connectivity index (χ2n) is 3.95. The molecule has 0 heterocycles. The lowest BCUT2D eigenvalue weighted by atomic mass is 10.0. The van der Waals surface area contributed by atoms with Crippen LogP contribution in [-0.4, -0.2) is 40.0 Å². The second-order valence-corrected chi connectivity index (χ2v) is 3.95. The van der Waals surface area contributed by atoms with Crippen molar-refractivity contribution in [3.05, 3.63) is 35.4 Å². The van der Waals surface area contributed by atoms with Crippen molar-refractivity contribution in [1.82, 2.24) is 0 Å². The Hall–Kier alpha value is -1.92. The highest BCUT2D eigenvalue weighted by molar-refractivity contribution is 5.73. The summed E-state index contributed by atoms with van der Waals surface area (Å²) in [7, 11) is 0. The van der Waals surface area contributed by atoms with E-state index in [2.05, 4.69) is 0 Å². The number of aliphatic hydroxyl groups is 2. The summed E-state index contributed by atoms with van der Waals surface area (Å²) in [5.74, 6) is -1.86. The summed E-state index contributed by atoms with van der Waals surface area (Å²) in [6.45, 7) is 2.02. The van der Waals surface area contributed by atoms with Gasteiger partial charge < -0.3 is 20.1 Å². The number of rotatable bonds is 6. The van der Waals surface area contributed by atoms with Gasteiger partial charge in [-0.25, -0.2) is 4.79 Å². The molecule has 1 aromatic carbocycles. The Balaban J connectivity index is 2.71. The van der Waals surface area contributed by atoms with E-state index in [1.807, 2.05) is 0 Å². The van der Waals surface area contributed by atoms with Gasteiger partial charge in [0.2, 0.25) is 0 Å². The summed E-state index contributed by atoms with van der Waals surface area (Å²) in [4.78, 5) is 21.8. The van der Waals surface area contributed by atoms with Crippen LogP contribution in [0.1, 0.15) is 24.2 Å². The number of aliphatic hydroxyl groups excluding tert-OH is 2. The Morgan fingerprint density at radius 2 is 1.79 bits per heavy atom. The lowest BCUT2D eigenvalue weighted by molar-refractivity contribution is -0.153. The average Bonchev–Trinajstić information content (AvgIpc) is 2.38. The molecular formula is C13H16O6. The van der Waals surface area contributed by atoms with E-state index in [0.717, 1.165) is 0 Å². The maximum Gasteiger partial charge on any atom is 0.335 e. The van der Waals surface area contributed by atoms with E-state index >= 15 is 0 Å². The van der Waals surface area contributed by atoms with Gasteiger partial charge in [-0.3, -0.25) is 4.79 Å². The van der Waals surface area contributed by atoms with Crippen LogP contribution in [0.3, 0.4) is 0 Å². The maximum absolute atomic E-state index is 11.2. The van der Waals surface area contributed by atoms with Crippen molar-refractivity contribution in [2.75, 3.05) is 6.61 Å². The lowest BCUT2D eigenvalue weighted by Gasteiger charge is -2.14. The predicted octanol–water partition coefficient (Wildman–Crippen LogP) is 0.271. The molecule has 0 amide bonds. The van der Waals surface area contributed by atoms with E-state index in [1.54, 1.807) is 19.1 Å². The quantitative estimate of drug-likeness (QED) is 0.640. The predicted molar refractivity (Wildman–Crippen MR) is 65.4 cm³/mol. The van der Waals surface area contributed by atoms with Gasteiger partial charge in [-0.05, 0) is 18.1 Å². The molecule has 19 heavy (non-hydrogen) atoms. The van der Waals surface area contributed by atoms with Crippen molar-refractivity contribution in [1.29, 1.82) is 0 Å². The number of benzene rings is 1. The summed E-state index contributed by atoms with van der Waals surface area (Å²) in [6, 6.07) is 6.07. The van der Waals surface area contributed by atoms with Gasteiger partial charge in [-0.1, -0.05) is 24.3 Å². The number of esters is 1. The van der Waals surface area contributed by atoms with Crippen LogP contribution in [0.25, 0.3) is 0 Å². The molecule has 2 unspecified atom stereocenters. The van der Waals surface area contributed by atoms with Crippen LogP contribution in [0.15, 0.2) is 24.3 Å². The van der Waals surface area contributed by atoms with Crippen molar-refractivity contribution in [3.63, 3.8) is 0 Å². The third kappa shape index (κ3) is 4.35. The standard InChI is InChI=1S/C13H16O6/c1-2-19-10(14)7-8-3-5-9(6-4-8)11(15)12(16)13(17)18/h3-6,11-12,15-16H,2,7H2,1H3,(H,17,18). The smallest absolute Gasteiger partial charge is 0.335 e. The van der Waals surface area contributed by atoms with Gasteiger partial charge in [-0.15, -0.1) is 0 Å². The van der Waals surface area contributed by atoms with Crippen LogP contribution < -0.4 is 0 Å². The maximum atomic E-state index is 11.2. The first-order chi connectivity index (χ1) is 8.95. The molecule has 104 valence electrons. The van der Waals surface area contributed by atoms with Gasteiger partial charge in [0.05, 0.1) is 13.0 Å². The molecule has 0 saturated heterocycles. The van der Waals surface area contributed by atoms with E-state index < -0.39 is 18.2 Å². The molecule has 0 aliphatic heterocycles. The normalized spacial score (nSPS) is 13.6. The fraction of sp³-hybridized carbons (Fsp3) is 0.385. The van der Waals surface area contributed by atoms with Gasteiger partial charge in [0.1, 0.15) is 6.10 Å². The van der Waals surface area contributed by atoms with Crippen LogP contribution in [0.4, 0.5) is 0 Å². The zero-order valence-electron chi connectivity index (χ0n) is 10.4. The minimum atomic E-state index is -1.88. The lowest BCUT2D eigenvalue weighted by Crippen LogP contribution is -2.27. The molecule has 0 spiro atoms. The van der Waals surface area contributed by atoms with E-state index in [9.17, 15) is 19.8 Å². The zero-order chi connectivity index (χ0) is 14.4. The molecule has 0 aliphatic rings. The highest BCUT2D eigenvalue weighted by Gasteiger charge is 2.24. The molecule has 0 bridgehead atoms. The van der Waals surface area contributed by atoms with Gasteiger partial charge >= 0.3 is 11.9 Å². The third-order valence-corrected chi connectivity index (χ3v) is 2.53. The molecule has 6 nitrogen and oxygen atoms in total. The molecule has 0 aromatic heterocycles. The molecule has 3 N–H and O–H groups in total. The largest absolute Gasteiger partial charge is 0.479 e. The van der Waals surface area contributed by atoms with Gasteiger partial charge in [0, 0.05) is 0 Å². The van der Waals surface area contributed by atoms with Crippen LogP contribution in [0.5, 0.6) is 0 Å². The Bertz CT molecular complexity index is 439. The number of hydrogen-bond donors (Lipinski definition) is 3. The number of carbonyl (C=O) groups excluding carboxylic acids is 1. The molecule has 0 fully saturated rings. The monoisotopic (exact) mass is 268 g/mol. The number of carbonyl (C=O) groups is 2. The van der Waals surface area contributed by atoms with E-state index in [-0.39, 0.29) is 18.0 Å². The Labute approximate surface area is 110 Å². The topological polar surface area (TPSA) is 104 Å². The number of ether oxygens (including phenoxy) is 1. The van der Waals surface area contributed by atoms with Gasteiger partial charge in [0.25, 0.3) is 0 Å². The minimum absolute atomic E-state index is 0.103. The Morgan fingerprint density at radius 1 is 1.21 bits per heavy atom. The van der Waals surface area contributed by atoms with Crippen molar-refractivity contribution in [2.24, 2.45) is 0 Å². The van der Waals surface area contributed by atoms with E-state index in [1.165, 1.54) is 12.1 Å². The highest BCUT2D eigenvalue weighted by atomic mass is 16.5. The fourth-order valence-electron chi connectivity index (χ4n) is 1.53. The van der Waals surface area contributed by atoms with Gasteiger partial charge in [0.15, 0.2) is 6.10 Å². The number of hydrogen-bond acceptors (Lipinski definition) is 5. The third-order valence-electron chi connectivity index (χ3n) is 2.53. The van der Waals surface area contributed by atoms with Crippen LogP contribution in [0, 0.1) is 0 Å². The summed E-state index contributed by atoms with van der Waals surface area (Å²) in [5.41, 5.74) is 0.946. The van der Waals surface area contributed by atoms with Crippen LogP contribution in [0.2, 0.25) is 0 Å². The van der Waals surface area contributed by atoms with Crippen LogP contribution >= 0.6 is 0 Å². The first-order valence-electron chi connectivity index (χ1n) is 5.79. The molecular weight excluding hydrogens is 252 g/mol. The molecule has 1 aromatic rings. The number of carboxylic acid groups (broad SMARTS) is 1. The van der Waals surface area contributed by atoms with Crippen molar-refractivity contribution in [3.8, 4) is 0 Å². The second kappa shape index (κ2) is 6.86. The van der Waals surface area contributed by atoms with Crippen LogP contribution in [-0.2, 0) is 20.7 Å². The van der Waals surface area contributed by atoms with Crippen molar-refractivity contribution in [2.45, 2.75) is 25.6 Å². The first kappa shape index (κ1) is 15.1.